The highest BCUT2D eigenvalue weighted by Gasteiger charge is 2.36. The summed E-state index contributed by atoms with van der Waals surface area (Å²) in [6, 6.07) is 0. The highest BCUT2D eigenvalue weighted by atomic mass is 16.1. The van der Waals surface area contributed by atoms with Crippen LogP contribution in [0.2, 0.25) is 0 Å². The van der Waals surface area contributed by atoms with E-state index in [0.29, 0.717) is 6.17 Å². The second-order valence-electron chi connectivity index (χ2n) is 7.58. The molecule has 0 aromatic carbocycles. The number of rotatable bonds is 15. The van der Waals surface area contributed by atoms with Crippen molar-refractivity contribution in [3.8, 4) is 0 Å². The molecule has 4 nitrogen and oxygen atoms in total. The van der Waals surface area contributed by atoms with Crippen molar-refractivity contribution in [2.45, 2.75) is 91.1 Å². The number of quaternary nitrogens is 1. The van der Waals surface area contributed by atoms with Crippen LogP contribution in [0.25, 0.3) is 0 Å². The Hall–Kier alpha value is -1.29. The minimum Gasteiger partial charge on any atom is -0.351 e. The zero-order valence-electron chi connectivity index (χ0n) is 17.4. The second-order valence-corrected chi connectivity index (χ2v) is 7.58. The van der Waals surface area contributed by atoms with Crippen molar-refractivity contribution in [1.82, 2.24) is 10.6 Å². The van der Waals surface area contributed by atoms with E-state index < -0.39 is 0 Å². The molecule has 0 aromatic rings. The standard InChI is InChI=1S/C22H41N3O/c1-4-6-7-8-9-10-11-12-13-14-15-16-22-24-18-20-25(22,5-2)19-17-23-21(3)26/h10-11,18,20,22,24H,4-9,12-17,19H2,1-3H3/p+1/b11-10+. The molecule has 0 spiro atoms. The molecule has 0 aromatic heterocycles. The van der Waals surface area contributed by atoms with Gasteiger partial charge in [-0.15, -0.1) is 0 Å². The molecule has 0 fully saturated rings. The summed E-state index contributed by atoms with van der Waals surface area (Å²) < 4.78 is 0.942. The van der Waals surface area contributed by atoms with Gasteiger partial charge in [0.15, 0.2) is 6.17 Å². The minimum absolute atomic E-state index is 0.0605. The molecule has 0 saturated carbocycles. The molecule has 1 aliphatic rings. The average molecular weight is 365 g/mol. The molecule has 2 unspecified atom stereocenters. The van der Waals surface area contributed by atoms with Gasteiger partial charge in [0, 0.05) is 13.3 Å². The normalized spacial score (nSPS) is 22.0. The Morgan fingerprint density at radius 1 is 1.08 bits per heavy atom. The first-order valence-corrected chi connectivity index (χ1v) is 10.8. The summed E-state index contributed by atoms with van der Waals surface area (Å²) in [6.07, 6.45) is 22.5. The van der Waals surface area contributed by atoms with Crippen molar-refractivity contribution >= 4 is 5.91 Å². The average Bonchev–Trinajstić information content (AvgIpc) is 3.02. The maximum Gasteiger partial charge on any atom is 0.217 e. The van der Waals surface area contributed by atoms with E-state index in [4.69, 9.17) is 0 Å². The van der Waals surface area contributed by atoms with E-state index in [1.807, 2.05) is 0 Å². The number of nitrogens with zero attached hydrogens (tertiary/aromatic N) is 1. The van der Waals surface area contributed by atoms with Crippen LogP contribution < -0.4 is 10.6 Å². The van der Waals surface area contributed by atoms with E-state index in [-0.39, 0.29) is 5.91 Å². The Morgan fingerprint density at radius 2 is 1.77 bits per heavy atom. The second kappa shape index (κ2) is 13.9. The molecule has 0 radical (unpaired) electrons. The zero-order chi connectivity index (χ0) is 19.1. The molecule has 1 heterocycles. The van der Waals surface area contributed by atoms with Gasteiger partial charge in [-0.3, -0.25) is 9.28 Å². The van der Waals surface area contributed by atoms with E-state index in [1.165, 1.54) is 64.2 Å². The van der Waals surface area contributed by atoms with Gasteiger partial charge in [0.05, 0.1) is 19.3 Å². The number of carbonyl (C=O) groups is 1. The summed E-state index contributed by atoms with van der Waals surface area (Å²) in [5.41, 5.74) is 0. The van der Waals surface area contributed by atoms with Crippen molar-refractivity contribution in [3.05, 3.63) is 24.6 Å². The van der Waals surface area contributed by atoms with Crippen molar-refractivity contribution < 1.29 is 9.28 Å². The van der Waals surface area contributed by atoms with Crippen molar-refractivity contribution in [2.75, 3.05) is 19.6 Å². The summed E-state index contributed by atoms with van der Waals surface area (Å²) >= 11 is 0. The summed E-state index contributed by atoms with van der Waals surface area (Å²) in [5, 5.41) is 6.48. The Labute approximate surface area is 161 Å². The van der Waals surface area contributed by atoms with Crippen LogP contribution in [0.1, 0.15) is 85.0 Å². The SMILES string of the molecule is CCCCCC/C=C/CCCCCC1NC=C[N+]1(CC)CCNC(C)=O. The highest BCUT2D eigenvalue weighted by Crippen LogP contribution is 2.22. The molecule has 26 heavy (non-hydrogen) atoms. The molecule has 2 N–H and O–H groups in total. The number of allylic oxidation sites excluding steroid dienone is 2. The van der Waals surface area contributed by atoms with Gasteiger partial charge in [0.25, 0.3) is 0 Å². The molecule has 1 amide bonds. The Morgan fingerprint density at radius 3 is 2.38 bits per heavy atom. The Balaban J connectivity index is 2.15. The van der Waals surface area contributed by atoms with Gasteiger partial charge in [-0.1, -0.05) is 44.8 Å². The molecule has 0 aliphatic carbocycles. The van der Waals surface area contributed by atoms with Crippen LogP contribution in [0.3, 0.4) is 0 Å². The van der Waals surface area contributed by atoms with Gasteiger partial charge in [-0.05, 0) is 39.0 Å². The predicted octanol–water partition coefficient (Wildman–Crippen LogP) is 4.84. The predicted molar refractivity (Wildman–Crippen MR) is 111 cm³/mol. The molecule has 4 heteroatoms. The first-order chi connectivity index (χ1) is 12.6. The monoisotopic (exact) mass is 364 g/mol. The molecule has 2 atom stereocenters. The fourth-order valence-electron chi connectivity index (χ4n) is 3.75. The number of likely N-dealkylation sites (N-methyl/N-ethyl adjacent to an activating group) is 1. The fraction of sp³-hybridized carbons (Fsp3) is 0.773. The number of hydrogen-bond donors (Lipinski definition) is 2. The number of unbranched alkanes of at least 4 members (excludes halogenated alkanes) is 7. The van der Waals surface area contributed by atoms with Crippen molar-refractivity contribution in [1.29, 1.82) is 0 Å². The summed E-state index contributed by atoms with van der Waals surface area (Å²) in [6.45, 7) is 8.86. The van der Waals surface area contributed by atoms with Gasteiger partial charge in [0.1, 0.15) is 12.7 Å². The van der Waals surface area contributed by atoms with Gasteiger partial charge >= 0.3 is 0 Å². The molecule has 0 saturated heterocycles. The lowest BCUT2D eigenvalue weighted by atomic mass is 10.1. The van der Waals surface area contributed by atoms with Crippen LogP contribution >= 0.6 is 0 Å². The van der Waals surface area contributed by atoms with Crippen LogP contribution in [0.5, 0.6) is 0 Å². The molecule has 0 bridgehead atoms. The van der Waals surface area contributed by atoms with Crippen LogP contribution in [-0.2, 0) is 4.79 Å². The van der Waals surface area contributed by atoms with Crippen molar-refractivity contribution in [3.63, 3.8) is 0 Å². The minimum atomic E-state index is 0.0605. The highest BCUT2D eigenvalue weighted by molar-refractivity contribution is 5.72. The topological polar surface area (TPSA) is 41.1 Å². The van der Waals surface area contributed by atoms with Crippen LogP contribution in [-0.4, -0.2) is 36.2 Å². The van der Waals surface area contributed by atoms with E-state index in [2.05, 4.69) is 49.0 Å². The number of nitrogens with one attached hydrogen (secondary N) is 2. The third-order valence-corrected chi connectivity index (χ3v) is 5.51. The molecule has 1 aliphatic heterocycles. The maximum atomic E-state index is 11.1. The van der Waals surface area contributed by atoms with Gasteiger partial charge in [-0.2, -0.15) is 0 Å². The number of hydrogen-bond acceptors (Lipinski definition) is 2. The van der Waals surface area contributed by atoms with E-state index >= 15 is 0 Å². The third kappa shape index (κ3) is 8.88. The lowest BCUT2D eigenvalue weighted by Gasteiger charge is -2.37. The van der Waals surface area contributed by atoms with Gasteiger partial charge in [0.2, 0.25) is 5.91 Å². The summed E-state index contributed by atoms with van der Waals surface area (Å²) in [7, 11) is 0. The van der Waals surface area contributed by atoms with E-state index in [9.17, 15) is 4.79 Å². The van der Waals surface area contributed by atoms with Crippen molar-refractivity contribution in [2.24, 2.45) is 0 Å². The lowest BCUT2D eigenvalue weighted by molar-refractivity contribution is -0.898. The third-order valence-electron chi connectivity index (χ3n) is 5.51. The van der Waals surface area contributed by atoms with Crippen LogP contribution in [0.15, 0.2) is 24.6 Å². The first-order valence-electron chi connectivity index (χ1n) is 10.8. The fourth-order valence-corrected chi connectivity index (χ4v) is 3.75. The van der Waals surface area contributed by atoms with E-state index in [0.717, 1.165) is 24.1 Å². The molecule has 1 rings (SSSR count). The number of amides is 1. The Kier molecular flexibility index (Phi) is 12.1. The quantitative estimate of drug-likeness (QED) is 0.248. The van der Waals surface area contributed by atoms with Gasteiger partial charge in [-0.25, -0.2) is 0 Å². The van der Waals surface area contributed by atoms with Gasteiger partial charge < -0.3 is 10.6 Å². The first kappa shape index (κ1) is 22.8. The largest absolute Gasteiger partial charge is 0.351 e. The smallest absolute Gasteiger partial charge is 0.217 e. The lowest BCUT2D eigenvalue weighted by Crippen LogP contribution is -2.55. The summed E-state index contributed by atoms with van der Waals surface area (Å²) in [4.78, 5) is 11.1. The number of carbonyl (C=O) groups excluding carboxylic acids is 1. The molecular formula is C22H42N3O+. The summed E-state index contributed by atoms with van der Waals surface area (Å²) in [5.74, 6) is 0.0605. The zero-order valence-corrected chi connectivity index (χ0v) is 17.4. The maximum absolute atomic E-state index is 11.1. The molecule has 150 valence electrons. The Bertz CT molecular complexity index is 433. The molecular weight excluding hydrogens is 322 g/mol. The van der Waals surface area contributed by atoms with Crippen LogP contribution in [0.4, 0.5) is 0 Å². The van der Waals surface area contributed by atoms with Crippen LogP contribution in [0, 0.1) is 0 Å². The van der Waals surface area contributed by atoms with E-state index in [1.54, 1.807) is 6.92 Å².